The lowest BCUT2D eigenvalue weighted by atomic mass is 10.1. The summed E-state index contributed by atoms with van der Waals surface area (Å²) in [6.07, 6.45) is 2.77. The monoisotopic (exact) mass is 336 g/mol. The summed E-state index contributed by atoms with van der Waals surface area (Å²) in [6, 6.07) is 8.57. The van der Waals surface area contributed by atoms with Crippen LogP contribution in [-0.2, 0) is 6.54 Å². The van der Waals surface area contributed by atoms with E-state index in [1.165, 1.54) is 0 Å². The summed E-state index contributed by atoms with van der Waals surface area (Å²) in [7, 11) is 0. The van der Waals surface area contributed by atoms with Crippen molar-refractivity contribution >= 4 is 17.6 Å². The molecule has 1 aromatic carbocycles. The van der Waals surface area contributed by atoms with Crippen LogP contribution >= 0.6 is 11.6 Å². The standard InChI is InChI=1S/C16H21ClN4O2/c1-12(11-21-8-4-7-20-21)9-18-16(23)19-10-15(22)13-5-2-3-6-14(13)17/h2-8,12,15,22H,9-11H2,1H3,(H2,18,19,23). The maximum Gasteiger partial charge on any atom is 0.314 e. The van der Waals surface area contributed by atoms with E-state index < -0.39 is 6.10 Å². The van der Waals surface area contributed by atoms with Gasteiger partial charge in [0.05, 0.1) is 6.10 Å². The number of benzene rings is 1. The Labute approximate surface area is 140 Å². The van der Waals surface area contributed by atoms with Crippen LogP contribution < -0.4 is 10.6 Å². The van der Waals surface area contributed by atoms with E-state index in [9.17, 15) is 9.90 Å². The Balaban J connectivity index is 1.69. The molecule has 0 radical (unpaired) electrons. The maximum absolute atomic E-state index is 11.8. The number of carbonyl (C=O) groups is 1. The van der Waals surface area contributed by atoms with Gasteiger partial charge in [0.1, 0.15) is 0 Å². The molecule has 0 fully saturated rings. The Morgan fingerprint density at radius 1 is 1.30 bits per heavy atom. The summed E-state index contributed by atoms with van der Waals surface area (Å²) in [6.45, 7) is 3.38. The molecular formula is C16H21ClN4O2. The van der Waals surface area contributed by atoms with E-state index in [2.05, 4.69) is 15.7 Å². The zero-order valence-electron chi connectivity index (χ0n) is 12.9. The van der Waals surface area contributed by atoms with Gasteiger partial charge in [-0.1, -0.05) is 36.7 Å². The van der Waals surface area contributed by atoms with Crippen molar-refractivity contribution in [3.8, 4) is 0 Å². The molecule has 0 aliphatic carbocycles. The van der Waals surface area contributed by atoms with Crippen molar-refractivity contribution in [2.75, 3.05) is 13.1 Å². The molecule has 3 N–H and O–H groups in total. The molecule has 2 amide bonds. The summed E-state index contributed by atoms with van der Waals surface area (Å²) < 4.78 is 1.82. The molecule has 0 spiro atoms. The average molecular weight is 337 g/mol. The Kier molecular flexibility index (Phi) is 6.43. The van der Waals surface area contributed by atoms with Crippen LogP contribution in [0.3, 0.4) is 0 Å². The second-order valence-corrected chi connectivity index (χ2v) is 5.87. The van der Waals surface area contributed by atoms with Crippen LogP contribution in [0.5, 0.6) is 0 Å². The quantitative estimate of drug-likeness (QED) is 0.725. The first-order valence-corrected chi connectivity index (χ1v) is 7.85. The highest BCUT2D eigenvalue weighted by molar-refractivity contribution is 6.31. The molecule has 1 aromatic heterocycles. The molecular weight excluding hydrogens is 316 g/mol. The van der Waals surface area contributed by atoms with E-state index in [4.69, 9.17) is 11.6 Å². The lowest BCUT2D eigenvalue weighted by molar-refractivity contribution is 0.173. The van der Waals surface area contributed by atoms with Crippen LogP contribution in [0.4, 0.5) is 4.79 Å². The van der Waals surface area contributed by atoms with Gasteiger partial charge in [-0.05, 0) is 18.1 Å². The smallest absolute Gasteiger partial charge is 0.314 e. The van der Waals surface area contributed by atoms with E-state index in [1.807, 2.05) is 23.9 Å². The Morgan fingerprint density at radius 2 is 2.04 bits per heavy atom. The van der Waals surface area contributed by atoms with Crippen LogP contribution in [0.15, 0.2) is 42.7 Å². The fourth-order valence-corrected chi connectivity index (χ4v) is 2.43. The number of rotatable bonds is 7. The molecule has 0 aliphatic heterocycles. The zero-order chi connectivity index (χ0) is 16.7. The van der Waals surface area contributed by atoms with E-state index in [0.717, 1.165) is 6.54 Å². The van der Waals surface area contributed by atoms with Gasteiger partial charge in [0.2, 0.25) is 0 Å². The molecule has 124 valence electrons. The van der Waals surface area contributed by atoms with Gasteiger partial charge in [0.25, 0.3) is 0 Å². The van der Waals surface area contributed by atoms with Crippen molar-refractivity contribution in [1.29, 1.82) is 0 Å². The molecule has 0 bridgehead atoms. The first-order valence-electron chi connectivity index (χ1n) is 7.48. The minimum atomic E-state index is -0.837. The number of urea groups is 1. The molecule has 6 nitrogen and oxygen atoms in total. The summed E-state index contributed by atoms with van der Waals surface area (Å²) in [5.41, 5.74) is 0.599. The van der Waals surface area contributed by atoms with E-state index in [-0.39, 0.29) is 18.5 Å². The fourth-order valence-electron chi connectivity index (χ4n) is 2.17. The number of aliphatic hydroxyl groups excluding tert-OH is 1. The SMILES string of the molecule is CC(CNC(=O)NCC(O)c1ccccc1Cl)Cn1cccn1. The number of aliphatic hydroxyl groups is 1. The molecule has 0 saturated carbocycles. The Bertz CT molecular complexity index is 618. The predicted molar refractivity (Wildman–Crippen MR) is 89.2 cm³/mol. The highest BCUT2D eigenvalue weighted by Gasteiger charge is 2.12. The van der Waals surface area contributed by atoms with Crippen molar-refractivity contribution in [2.45, 2.75) is 19.6 Å². The number of nitrogens with zero attached hydrogens (tertiary/aromatic N) is 2. The number of amides is 2. The molecule has 0 saturated heterocycles. The lowest BCUT2D eigenvalue weighted by Crippen LogP contribution is -2.40. The number of hydrogen-bond donors (Lipinski definition) is 3. The normalized spacial score (nSPS) is 13.3. The van der Waals surface area contributed by atoms with Crippen molar-refractivity contribution in [1.82, 2.24) is 20.4 Å². The third-order valence-electron chi connectivity index (χ3n) is 3.39. The number of halogens is 1. The van der Waals surface area contributed by atoms with E-state index in [1.54, 1.807) is 30.5 Å². The van der Waals surface area contributed by atoms with Gasteiger partial charge in [-0.15, -0.1) is 0 Å². The third kappa shape index (κ3) is 5.58. The van der Waals surface area contributed by atoms with Gasteiger partial charge in [0.15, 0.2) is 0 Å². The maximum atomic E-state index is 11.8. The lowest BCUT2D eigenvalue weighted by Gasteiger charge is -2.16. The number of hydrogen-bond acceptors (Lipinski definition) is 3. The molecule has 0 aliphatic rings. The molecule has 7 heteroatoms. The molecule has 1 heterocycles. The van der Waals surface area contributed by atoms with Gasteiger partial charge in [-0.25, -0.2) is 4.79 Å². The van der Waals surface area contributed by atoms with E-state index in [0.29, 0.717) is 17.1 Å². The molecule has 2 atom stereocenters. The highest BCUT2D eigenvalue weighted by Crippen LogP contribution is 2.21. The van der Waals surface area contributed by atoms with Gasteiger partial charge in [-0.3, -0.25) is 4.68 Å². The summed E-state index contributed by atoms with van der Waals surface area (Å²) >= 11 is 6.01. The Morgan fingerprint density at radius 3 is 2.74 bits per heavy atom. The van der Waals surface area contributed by atoms with Gasteiger partial charge in [-0.2, -0.15) is 5.10 Å². The molecule has 2 aromatic rings. The van der Waals surface area contributed by atoms with Crippen LogP contribution in [0.2, 0.25) is 5.02 Å². The van der Waals surface area contributed by atoms with Crippen molar-refractivity contribution in [3.05, 3.63) is 53.3 Å². The van der Waals surface area contributed by atoms with Crippen molar-refractivity contribution < 1.29 is 9.90 Å². The Hall–Kier alpha value is -2.05. The summed E-state index contributed by atoms with van der Waals surface area (Å²) in [5.74, 6) is 0.245. The fraction of sp³-hybridized carbons (Fsp3) is 0.375. The van der Waals surface area contributed by atoms with Crippen LogP contribution in [-0.4, -0.2) is 34.0 Å². The van der Waals surface area contributed by atoms with E-state index >= 15 is 0 Å². The van der Waals surface area contributed by atoms with Crippen molar-refractivity contribution in [2.24, 2.45) is 5.92 Å². The predicted octanol–water partition coefficient (Wildman–Crippen LogP) is 2.21. The van der Waals surface area contributed by atoms with Crippen molar-refractivity contribution in [3.63, 3.8) is 0 Å². The first kappa shape index (κ1) is 17.3. The highest BCUT2D eigenvalue weighted by atomic mass is 35.5. The average Bonchev–Trinajstić information content (AvgIpc) is 3.04. The van der Waals surface area contributed by atoms with Gasteiger partial charge >= 0.3 is 6.03 Å². The largest absolute Gasteiger partial charge is 0.387 e. The molecule has 2 rings (SSSR count). The molecule has 2 unspecified atom stereocenters. The van der Waals surface area contributed by atoms with Crippen LogP contribution in [0, 0.1) is 5.92 Å². The number of carbonyl (C=O) groups excluding carboxylic acids is 1. The zero-order valence-corrected chi connectivity index (χ0v) is 13.7. The number of aromatic nitrogens is 2. The van der Waals surface area contributed by atoms with Crippen LogP contribution in [0.1, 0.15) is 18.6 Å². The summed E-state index contributed by atoms with van der Waals surface area (Å²) in [5, 5.41) is 20.1. The molecule has 23 heavy (non-hydrogen) atoms. The number of nitrogens with one attached hydrogen (secondary N) is 2. The topological polar surface area (TPSA) is 79.2 Å². The van der Waals surface area contributed by atoms with Gasteiger partial charge < -0.3 is 15.7 Å². The third-order valence-corrected chi connectivity index (χ3v) is 3.73. The van der Waals surface area contributed by atoms with Crippen LogP contribution in [0.25, 0.3) is 0 Å². The second kappa shape index (κ2) is 8.55. The minimum Gasteiger partial charge on any atom is -0.387 e. The minimum absolute atomic E-state index is 0.100. The second-order valence-electron chi connectivity index (χ2n) is 5.46. The first-order chi connectivity index (χ1) is 11.1. The van der Waals surface area contributed by atoms with Gasteiger partial charge in [0, 0.05) is 42.6 Å². The summed E-state index contributed by atoms with van der Waals surface area (Å²) in [4.78, 5) is 11.8.